The van der Waals surface area contributed by atoms with Crippen LogP contribution in [0.3, 0.4) is 0 Å². The van der Waals surface area contributed by atoms with Crippen molar-refractivity contribution in [3.05, 3.63) is 67.1 Å². The zero-order chi connectivity index (χ0) is 24.0. The van der Waals surface area contributed by atoms with E-state index in [1.165, 1.54) is 6.33 Å². The van der Waals surface area contributed by atoms with Crippen LogP contribution in [-0.2, 0) is 4.79 Å². The predicted octanol–water partition coefficient (Wildman–Crippen LogP) is 4.00. The molecule has 0 unspecified atom stereocenters. The molecule has 0 atom stereocenters. The highest BCUT2D eigenvalue weighted by molar-refractivity contribution is 5.98. The Labute approximate surface area is 202 Å². The third kappa shape index (κ3) is 3.69. The summed E-state index contributed by atoms with van der Waals surface area (Å²) in [6, 6.07) is 13.5. The molecule has 1 saturated heterocycles. The molecule has 176 valence electrons. The molecule has 1 spiro atoms. The Hall–Kier alpha value is -4.27. The van der Waals surface area contributed by atoms with Gasteiger partial charge in [-0.3, -0.25) is 4.79 Å². The molecule has 1 saturated carbocycles. The van der Waals surface area contributed by atoms with E-state index in [0.717, 1.165) is 48.3 Å². The minimum atomic E-state index is 0.0844. The summed E-state index contributed by atoms with van der Waals surface area (Å²) in [7, 11) is 0. The van der Waals surface area contributed by atoms with E-state index in [2.05, 4.69) is 15.0 Å². The number of anilines is 1. The third-order valence-electron chi connectivity index (χ3n) is 6.85. The number of allylic oxidation sites excluding steroid dienone is 1. The lowest BCUT2D eigenvalue weighted by Crippen LogP contribution is -2.63. The highest BCUT2D eigenvalue weighted by atomic mass is 16.5. The lowest BCUT2D eigenvalue weighted by molar-refractivity contribution is -0.148. The van der Waals surface area contributed by atoms with Gasteiger partial charge in [0, 0.05) is 36.3 Å². The molecule has 0 radical (unpaired) electrons. The van der Waals surface area contributed by atoms with Crippen molar-refractivity contribution in [1.82, 2.24) is 29.6 Å². The van der Waals surface area contributed by atoms with E-state index in [4.69, 9.17) is 15.6 Å². The standard InChI is InChI=1S/C26H25N7O2/c1-2-6-21(34)32-14-26(15-32)11-18(12-26)33-25-22(24(27)29-16-30-25)23(31-33)17-9-10-20(28-13-17)35-19-7-4-3-5-8-19/h2-10,13,16,18H,11-12,14-15H2,1H3,(H2,27,29,30). The zero-order valence-corrected chi connectivity index (χ0v) is 19.3. The zero-order valence-electron chi connectivity index (χ0n) is 19.3. The molecule has 1 aromatic carbocycles. The van der Waals surface area contributed by atoms with Gasteiger partial charge in [-0.25, -0.2) is 19.6 Å². The first-order valence-electron chi connectivity index (χ1n) is 11.6. The molecule has 0 bridgehead atoms. The van der Waals surface area contributed by atoms with E-state index < -0.39 is 0 Å². The monoisotopic (exact) mass is 467 g/mol. The van der Waals surface area contributed by atoms with Crippen LogP contribution in [0, 0.1) is 5.41 Å². The van der Waals surface area contributed by atoms with Crippen LogP contribution < -0.4 is 10.5 Å². The van der Waals surface area contributed by atoms with Gasteiger partial charge in [0.2, 0.25) is 11.8 Å². The molecular weight excluding hydrogens is 442 g/mol. The smallest absolute Gasteiger partial charge is 0.246 e. The van der Waals surface area contributed by atoms with Crippen molar-refractivity contribution in [2.75, 3.05) is 18.8 Å². The van der Waals surface area contributed by atoms with E-state index in [1.807, 2.05) is 59.0 Å². The molecule has 1 aliphatic carbocycles. The summed E-state index contributed by atoms with van der Waals surface area (Å²) in [6.07, 6.45) is 8.53. The van der Waals surface area contributed by atoms with E-state index in [0.29, 0.717) is 17.4 Å². The van der Waals surface area contributed by atoms with Gasteiger partial charge in [-0.2, -0.15) is 5.10 Å². The van der Waals surface area contributed by atoms with E-state index in [1.54, 1.807) is 18.3 Å². The second-order valence-corrected chi connectivity index (χ2v) is 9.31. The lowest BCUT2D eigenvalue weighted by atomic mass is 9.60. The van der Waals surface area contributed by atoms with Crippen LogP contribution in [0.15, 0.2) is 67.1 Å². The van der Waals surface area contributed by atoms with Crippen molar-refractivity contribution in [3.8, 4) is 22.9 Å². The molecule has 2 aliphatic rings. The van der Waals surface area contributed by atoms with Crippen LogP contribution in [-0.4, -0.2) is 48.6 Å². The molecule has 1 aliphatic heterocycles. The van der Waals surface area contributed by atoms with Gasteiger partial charge in [-0.1, -0.05) is 24.3 Å². The average Bonchev–Trinajstić information content (AvgIpc) is 3.19. The van der Waals surface area contributed by atoms with E-state index in [9.17, 15) is 4.79 Å². The summed E-state index contributed by atoms with van der Waals surface area (Å²) in [5, 5.41) is 5.65. The number of hydrogen-bond acceptors (Lipinski definition) is 7. The van der Waals surface area contributed by atoms with Gasteiger partial charge >= 0.3 is 0 Å². The summed E-state index contributed by atoms with van der Waals surface area (Å²) in [6.45, 7) is 3.45. The fraction of sp³-hybridized carbons (Fsp3) is 0.269. The molecule has 35 heavy (non-hydrogen) atoms. The SMILES string of the molecule is CC=CC(=O)N1CC2(CC(n3nc(-c4ccc(Oc5ccccc5)nc4)c4c(N)ncnc43)C2)C1. The van der Waals surface area contributed by atoms with E-state index in [-0.39, 0.29) is 17.4 Å². The summed E-state index contributed by atoms with van der Waals surface area (Å²) in [4.78, 5) is 27.2. The number of aromatic nitrogens is 5. The molecule has 9 nitrogen and oxygen atoms in total. The number of fused-ring (bicyclic) bond motifs is 1. The summed E-state index contributed by atoms with van der Waals surface area (Å²) >= 11 is 0. The molecule has 2 N–H and O–H groups in total. The number of rotatable bonds is 5. The Morgan fingerprint density at radius 1 is 1.11 bits per heavy atom. The molecule has 1 amide bonds. The fourth-order valence-corrected chi connectivity index (χ4v) is 5.18. The van der Waals surface area contributed by atoms with Crippen molar-refractivity contribution >= 4 is 22.8 Å². The van der Waals surface area contributed by atoms with Gasteiger partial charge < -0.3 is 15.4 Å². The second-order valence-electron chi connectivity index (χ2n) is 9.31. The van der Waals surface area contributed by atoms with Crippen molar-refractivity contribution < 1.29 is 9.53 Å². The van der Waals surface area contributed by atoms with Crippen molar-refractivity contribution in [2.24, 2.45) is 5.41 Å². The number of carbonyl (C=O) groups is 1. The fourth-order valence-electron chi connectivity index (χ4n) is 5.18. The normalized spacial score (nSPS) is 17.0. The maximum atomic E-state index is 12.1. The summed E-state index contributed by atoms with van der Waals surface area (Å²) in [5.74, 6) is 1.69. The van der Waals surface area contributed by atoms with Crippen LogP contribution in [0.25, 0.3) is 22.3 Å². The lowest BCUT2D eigenvalue weighted by Gasteiger charge is -2.58. The first-order chi connectivity index (χ1) is 17.0. The van der Waals surface area contributed by atoms with Crippen LogP contribution in [0.2, 0.25) is 0 Å². The van der Waals surface area contributed by atoms with Gasteiger partial charge in [0.15, 0.2) is 5.65 Å². The Balaban J connectivity index is 1.25. The Bertz CT molecular complexity index is 1420. The number of carbonyl (C=O) groups excluding carboxylic acids is 1. The molecule has 3 aromatic heterocycles. The first-order valence-corrected chi connectivity index (χ1v) is 11.6. The average molecular weight is 468 g/mol. The largest absolute Gasteiger partial charge is 0.439 e. The van der Waals surface area contributed by atoms with Crippen molar-refractivity contribution in [3.63, 3.8) is 0 Å². The predicted molar refractivity (Wildman–Crippen MR) is 132 cm³/mol. The first kappa shape index (κ1) is 21.3. The number of amides is 1. The Kier molecular flexibility index (Phi) is 4.98. The third-order valence-corrected chi connectivity index (χ3v) is 6.85. The van der Waals surface area contributed by atoms with Crippen LogP contribution in [0.4, 0.5) is 5.82 Å². The Morgan fingerprint density at radius 2 is 1.91 bits per heavy atom. The van der Waals surface area contributed by atoms with Crippen molar-refractivity contribution in [1.29, 1.82) is 0 Å². The number of nitrogens with zero attached hydrogens (tertiary/aromatic N) is 6. The molecule has 6 rings (SSSR count). The number of nitrogen functional groups attached to an aromatic ring is 1. The minimum Gasteiger partial charge on any atom is -0.439 e. The van der Waals surface area contributed by atoms with Gasteiger partial charge in [-0.05, 0) is 44.0 Å². The molecular formula is C26H25N7O2. The highest BCUT2D eigenvalue weighted by Crippen LogP contribution is 2.54. The quantitative estimate of drug-likeness (QED) is 0.442. The van der Waals surface area contributed by atoms with Gasteiger partial charge in [-0.15, -0.1) is 0 Å². The van der Waals surface area contributed by atoms with Gasteiger partial charge in [0.1, 0.15) is 23.6 Å². The molecule has 4 aromatic rings. The number of para-hydroxylation sites is 1. The van der Waals surface area contributed by atoms with Crippen LogP contribution in [0.1, 0.15) is 25.8 Å². The van der Waals surface area contributed by atoms with E-state index >= 15 is 0 Å². The van der Waals surface area contributed by atoms with Gasteiger partial charge in [0.05, 0.1) is 11.4 Å². The Morgan fingerprint density at radius 3 is 2.63 bits per heavy atom. The summed E-state index contributed by atoms with van der Waals surface area (Å²) < 4.78 is 7.79. The molecule has 9 heteroatoms. The topological polar surface area (TPSA) is 112 Å². The van der Waals surface area contributed by atoms with Crippen LogP contribution >= 0.6 is 0 Å². The maximum absolute atomic E-state index is 12.1. The summed E-state index contributed by atoms with van der Waals surface area (Å²) in [5.41, 5.74) is 8.69. The number of ether oxygens (including phenoxy) is 1. The minimum absolute atomic E-state index is 0.0844. The van der Waals surface area contributed by atoms with Crippen LogP contribution in [0.5, 0.6) is 11.6 Å². The second kappa shape index (κ2) is 8.19. The number of likely N-dealkylation sites (tertiary alicyclic amines) is 1. The number of hydrogen-bond donors (Lipinski definition) is 1. The highest BCUT2D eigenvalue weighted by Gasteiger charge is 2.54. The van der Waals surface area contributed by atoms with Crippen molar-refractivity contribution in [2.45, 2.75) is 25.8 Å². The maximum Gasteiger partial charge on any atom is 0.246 e. The number of nitrogens with two attached hydrogens (primary N) is 1. The number of benzene rings is 1. The molecule has 2 fully saturated rings. The molecule has 4 heterocycles. The van der Waals surface area contributed by atoms with Gasteiger partial charge in [0.25, 0.3) is 0 Å². The number of pyridine rings is 1.